The summed E-state index contributed by atoms with van der Waals surface area (Å²) >= 11 is 0. The smallest absolute Gasteiger partial charge is 0.313 e. The minimum Gasteiger partial charge on any atom is -0.481 e. The van der Waals surface area contributed by atoms with E-state index in [4.69, 9.17) is 5.11 Å². The van der Waals surface area contributed by atoms with Crippen LogP contribution in [-0.4, -0.2) is 28.7 Å². The zero-order valence-electron chi connectivity index (χ0n) is 11.1. The highest BCUT2D eigenvalue weighted by atomic mass is 16.4. The van der Waals surface area contributed by atoms with Gasteiger partial charge in [0.15, 0.2) is 0 Å². The van der Waals surface area contributed by atoms with Crippen LogP contribution in [0.25, 0.3) is 0 Å². The molecular formula is C14H19NO4. The molecule has 0 aromatic heterocycles. The first-order valence-electron chi connectivity index (χ1n) is 6.14. The van der Waals surface area contributed by atoms with Crippen molar-refractivity contribution >= 4 is 17.6 Å². The van der Waals surface area contributed by atoms with Gasteiger partial charge in [0.05, 0.1) is 5.41 Å². The Balaban J connectivity index is 2.79. The second kappa shape index (κ2) is 6.22. The number of carbonyl (C=O) groups is 2. The van der Waals surface area contributed by atoms with Crippen LogP contribution in [0, 0.1) is 0 Å². The number of hydrogen-bond donors (Lipinski definition) is 3. The summed E-state index contributed by atoms with van der Waals surface area (Å²) in [5.74, 6) is -1.73. The average molecular weight is 265 g/mol. The van der Waals surface area contributed by atoms with E-state index in [0.717, 1.165) is 5.69 Å². The first kappa shape index (κ1) is 15.0. The van der Waals surface area contributed by atoms with Crippen molar-refractivity contribution in [3.05, 3.63) is 29.8 Å². The van der Waals surface area contributed by atoms with E-state index in [2.05, 4.69) is 5.32 Å². The van der Waals surface area contributed by atoms with Crippen molar-refractivity contribution in [2.75, 3.05) is 11.9 Å². The molecule has 19 heavy (non-hydrogen) atoms. The fourth-order valence-electron chi connectivity index (χ4n) is 1.76. The van der Waals surface area contributed by atoms with Gasteiger partial charge in [-0.15, -0.1) is 0 Å². The summed E-state index contributed by atoms with van der Waals surface area (Å²) in [5, 5.41) is 20.9. The van der Waals surface area contributed by atoms with Crippen LogP contribution < -0.4 is 5.32 Å². The predicted octanol–water partition coefficient (Wildman–Crippen LogP) is 2.33. The Labute approximate surface area is 112 Å². The van der Waals surface area contributed by atoms with Crippen molar-refractivity contribution < 1.29 is 19.8 Å². The molecule has 104 valence electrons. The molecule has 0 saturated heterocycles. The van der Waals surface area contributed by atoms with Gasteiger partial charge >= 0.3 is 11.9 Å². The van der Waals surface area contributed by atoms with E-state index >= 15 is 0 Å². The largest absolute Gasteiger partial charge is 0.481 e. The molecule has 0 atom stereocenters. The number of hydrogen-bond acceptors (Lipinski definition) is 3. The van der Waals surface area contributed by atoms with E-state index in [-0.39, 0.29) is 6.42 Å². The van der Waals surface area contributed by atoms with Gasteiger partial charge in [0, 0.05) is 18.7 Å². The first-order chi connectivity index (χ1) is 8.85. The lowest BCUT2D eigenvalue weighted by molar-refractivity contribution is -0.142. The average Bonchev–Trinajstić information content (AvgIpc) is 2.34. The van der Waals surface area contributed by atoms with Crippen molar-refractivity contribution in [2.45, 2.75) is 32.1 Å². The molecule has 0 radical (unpaired) electrons. The Morgan fingerprint density at radius 2 is 1.84 bits per heavy atom. The van der Waals surface area contributed by atoms with Crippen LogP contribution in [0.2, 0.25) is 0 Å². The molecule has 1 aromatic rings. The normalized spacial score (nSPS) is 11.1. The van der Waals surface area contributed by atoms with Crippen LogP contribution in [-0.2, 0) is 15.0 Å². The monoisotopic (exact) mass is 265 g/mol. The Bertz CT molecular complexity index is 468. The molecule has 0 aliphatic heterocycles. The molecule has 0 spiro atoms. The van der Waals surface area contributed by atoms with E-state index in [9.17, 15) is 14.7 Å². The van der Waals surface area contributed by atoms with Gasteiger partial charge in [0.25, 0.3) is 0 Å². The predicted molar refractivity (Wildman–Crippen MR) is 72.5 cm³/mol. The SMILES string of the molecule is CC(C)(C(=O)O)c1ccccc1NCCCC(=O)O. The van der Waals surface area contributed by atoms with E-state index in [0.29, 0.717) is 18.5 Å². The number of aliphatic carboxylic acids is 2. The molecule has 0 saturated carbocycles. The molecule has 0 aliphatic rings. The number of benzene rings is 1. The van der Waals surface area contributed by atoms with Gasteiger partial charge in [-0.3, -0.25) is 9.59 Å². The van der Waals surface area contributed by atoms with Crippen LogP contribution in [0.15, 0.2) is 24.3 Å². The maximum absolute atomic E-state index is 11.3. The molecule has 0 aliphatic carbocycles. The number of carboxylic acid groups (broad SMARTS) is 2. The summed E-state index contributed by atoms with van der Waals surface area (Å²) in [7, 11) is 0. The van der Waals surface area contributed by atoms with Crippen molar-refractivity contribution in [1.82, 2.24) is 0 Å². The van der Waals surface area contributed by atoms with Crippen molar-refractivity contribution in [2.24, 2.45) is 0 Å². The molecule has 0 amide bonds. The topological polar surface area (TPSA) is 86.6 Å². The number of nitrogens with one attached hydrogen (secondary N) is 1. The highest BCUT2D eigenvalue weighted by Gasteiger charge is 2.31. The second-order valence-corrected chi connectivity index (χ2v) is 4.90. The molecule has 1 aromatic carbocycles. The maximum atomic E-state index is 11.3. The van der Waals surface area contributed by atoms with Gasteiger partial charge in [-0.05, 0) is 31.9 Å². The number of anilines is 1. The molecule has 5 heteroatoms. The lowest BCUT2D eigenvalue weighted by Gasteiger charge is -2.23. The van der Waals surface area contributed by atoms with E-state index < -0.39 is 17.4 Å². The van der Waals surface area contributed by atoms with Gasteiger partial charge in [-0.1, -0.05) is 18.2 Å². The van der Waals surface area contributed by atoms with E-state index in [1.807, 2.05) is 6.07 Å². The van der Waals surface area contributed by atoms with Gasteiger partial charge in [0.1, 0.15) is 0 Å². The third-order valence-corrected chi connectivity index (χ3v) is 3.02. The van der Waals surface area contributed by atoms with Gasteiger partial charge in [-0.2, -0.15) is 0 Å². The highest BCUT2D eigenvalue weighted by molar-refractivity contribution is 5.83. The van der Waals surface area contributed by atoms with Crippen LogP contribution in [0.3, 0.4) is 0 Å². The molecule has 5 nitrogen and oxygen atoms in total. The molecule has 3 N–H and O–H groups in total. The standard InChI is InChI=1S/C14H19NO4/c1-14(2,13(18)19)10-6-3-4-7-11(10)15-9-5-8-12(16)17/h3-4,6-7,15H,5,8-9H2,1-2H3,(H,16,17)(H,18,19). The number of para-hydroxylation sites is 1. The van der Waals surface area contributed by atoms with Crippen LogP contribution in [0.4, 0.5) is 5.69 Å². The summed E-state index contributed by atoms with van der Waals surface area (Å²) in [6.07, 6.45) is 0.592. The van der Waals surface area contributed by atoms with Gasteiger partial charge < -0.3 is 15.5 Å². The van der Waals surface area contributed by atoms with Crippen molar-refractivity contribution in [1.29, 1.82) is 0 Å². The summed E-state index contributed by atoms with van der Waals surface area (Å²) < 4.78 is 0. The van der Waals surface area contributed by atoms with Gasteiger partial charge in [0.2, 0.25) is 0 Å². The van der Waals surface area contributed by atoms with Gasteiger partial charge in [-0.25, -0.2) is 0 Å². The minimum atomic E-state index is -0.990. The van der Waals surface area contributed by atoms with Crippen LogP contribution in [0.5, 0.6) is 0 Å². The molecule has 0 heterocycles. The fourth-order valence-corrected chi connectivity index (χ4v) is 1.76. The lowest BCUT2D eigenvalue weighted by Crippen LogP contribution is -2.29. The molecule has 0 fully saturated rings. The fraction of sp³-hybridized carbons (Fsp3) is 0.429. The molecule has 1 rings (SSSR count). The molecular weight excluding hydrogens is 246 g/mol. The van der Waals surface area contributed by atoms with E-state index in [1.54, 1.807) is 32.0 Å². The van der Waals surface area contributed by atoms with E-state index in [1.165, 1.54) is 0 Å². The van der Waals surface area contributed by atoms with Crippen molar-refractivity contribution in [3.63, 3.8) is 0 Å². The van der Waals surface area contributed by atoms with Crippen LogP contribution in [0.1, 0.15) is 32.3 Å². The van der Waals surface area contributed by atoms with Crippen LogP contribution >= 0.6 is 0 Å². The summed E-state index contributed by atoms with van der Waals surface area (Å²) in [6.45, 7) is 3.79. The highest BCUT2D eigenvalue weighted by Crippen LogP contribution is 2.30. The summed E-state index contributed by atoms with van der Waals surface area (Å²) in [4.78, 5) is 21.7. The number of carboxylic acids is 2. The second-order valence-electron chi connectivity index (χ2n) is 4.90. The zero-order valence-corrected chi connectivity index (χ0v) is 11.1. The molecule has 0 bridgehead atoms. The lowest BCUT2D eigenvalue weighted by atomic mass is 9.83. The minimum absolute atomic E-state index is 0.0947. The third-order valence-electron chi connectivity index (χ3n) is 3.02. The Kier molecular flexibility index (Phi) is 4.92. The Morgan fingerprint density at radius 1 is 1.21 bits per heavy atom. The Hall–Kier alpha value is -2.04. The first-order valence-corrected chi connectivity index (χ1v) is 6.14. The Morgan fingerprint density at radius 3 is 2.42 bits per heavy atom. The summed E-state index contributed by atoms with van der Waals surface area (Å²) in [5.41, 5.74) is 0.439. The third kappa shape index (κ3) is 3.98. The number of rotatable bonds is 7. The zero-order chi connectivity index (χ0) is 14.5. The quantitative estimate of drug-likeness (QED) is 0.659. The van der Waals surface area contributed by atoms with Crippen molar-refractivity contribution in [3.8, 4) is 0 Å². The maximum Gasteiger partial charge on any atom is 0.313 e. The molecule has 0 unspecified atom stereocenters. The summed E-state index contributed by atoms with van der Waals surface area (Å²) in [6, 6.07) is 7.19.